The van der Waals surface area contributed by atoms with Gasteiger partial charge in [0, 0.05) is 37.9 Å². The topological polar surface area (TPSA) is 52.0 Å². The fraction of sp³-hybridized carbons (Fsp3) is 0.846. The van der Waals surface area contributed by atoms with E-state index in [1.165, 1.54) is 25.7 Å². The van der Waals surface area contributed by atoms with Gasteiger partial charge in [0.1, 0.15) is 0 Å². The largest absolute Gasteiger partial charge is 0.381 e. The van der Waals surface area contributed by atoms with Crippen molar-refractivity contribution in [2.45, 2.75) is 51.2 Å². The first-order valence-electron chi connectivity index (χ1n) is 7.10. The summed E-state index contributed by atoms with van der Waals surface area (Å²) in [6.07, 6.45) is 8.58. The van der Waals surface area contributed by atoms with Crippen LogP contribution in [0.5, 0.6) is 0 Å². The molecule has 18 heavy (non-hydrogen) atoms. The fourth-order valence-corrected chi connectivity index (χ4v) is 2.88. The second-order valence-electron chi connectivity index (χ2n) is 5.52. The third-order valence-corrected chi connectivity index (χ3v) is 3.98. The number of nitrogens with one attached hydrogen (secondary N) is 1. The average molecular weight is 250 g/mol. The van der Waals surface area contributed by atoms with E-state index in [4.69, 9.17) is 4.74 Å². The highest BCUT2D eigenvalue weighted by Gasteiger charge is 2.17. The van der Waals surface area contributed by atoms with Crippen LogP contribution in [-0.2, 0) is 17.8 Å². The van der Waals surface area contributed by atoms with E-state index in [9.17, 15) is 0 Å². The zero-order valence-corrected chi connectivity index (χ0v) is 10.8. The molecule has 2 fully saturated rings. The Hall–Kier alpha value is -0.940. The maximum absolute atomic E-state index is 5.38. The van der Waals surface area contributed by atoms with Gasteiger partial charge in [-0.2, -0.15) is 0 Å². The van der Waals surface area contributed by atoms with Gasteiger partial charge in [0.25, 0.3) is 0 Å². The van der Waals surface area contributed by atoms with Gasteiger partial charge in [0.05, 0.1) is 12.3 Å². The minimum absolute atomic E-state index is 0.613. The first kappa shape index (κ1) is 12.1. The molecule has 3 rings (SSSR count). The predicted octanol–water partition coefficient (Wildman–Crippen LogP) is 1.35. The molecular formula is C13H22N4O. The summed E-state index contributed by atoms with van der Waals surface area (Å²) in [5.41, 5.74) is 1.06. The Balaban J connectivity index is 1.46. The molecule has 0 radical (unpaired) electrons. The smallest absolute Gasteiger partial charge is 0.0964 e. The van der Waals surface area contributed by atoms with Gasteiger partial charge in [-0.25, -0.2) is 0 Å². The Labute approximate surface area is 108 Å². The van der Waals surface area contributed by atoms with E-state index >= 15 is 0 Å². The Morgan fingerprint density at radius 3 is 3.00 bits per heavy atom. The van der Waals surface area contributed by atoms with Gasteiger partial charge in [0.15, 0.2) is 0 Å². The molecule has 1 saturated heterocycles. The summed E-state index contributed by atoms with van der Waals surface area (Å²) in [5.74, 6) is 0.613. The van der Waals surface area contributed by atoms with Gasteiger partial charge in [-0.1, -0.05) is 18.1 Å². The van der Waals surface area contributed by atoms with Crippen LogP contribution in [0, 0.1) is 5.92 Å². The second kappa shape index (κ2) is 5.80. The van der Waals surface area contributed by atoms with Crippen LogP contribution in [-0.4, -0.2) is 34.2 Å². The van der Waals surface area contributed by atoms with E-state index in [0.717, 1.165) is 38.4 Å². The Morgan fingerprint density at radius 2 is 2.22 bits per heavy atom. The van der Waals surface area contributed by atoms with Crippen molar-refractivity contribution >= 4 is 0 Å². The molecule has 1 atom stereocenters. The summed E-state index contributed by atoms with van der Waals surface area (Å²) >= 11 is 0. The lowest BCUT2D eigenvalue weighted by atomic mass is 10.1. The second-order valence-corrected chi connectivity index (χ2v) is 5.52. The molecule has 2 heterocycles. The van der Waals surface area contributed by atoms with Gasteiger partial charge >= 0.3 is 0 Å². The molecule has 1 N–H and O–H groups in total. The van der Waals surface area contributed by atoms with Crippen LogP contribution in [0.2, 0.25) is 0 Å². The molecular weight excluding hydrogens is 228 g/mol. The monoisotopic (exact) mass is 250 g/mol. The number of nitrogens with zero attached hydrogens (tertiary/aromatic N) is 3. The van der Waals surface area contributed by atoms with Crippen molar-refractivity contribution in [3.63, 3.8) is 0 Å². The summed E-state index contributed by atoms with van der Waals surface area (Å²) in [5, 5.41) is 12.0. The predicted molar refractivity (Wildman–Crippen MR) is 68.0 cm³/mol. The number of ether oxygens (including phenoxy) is 1. The Kier molecular flexibility index (Phi) is 3.90. The lowest BCUT2D eigenvalue weighted by Crippen LogP contribution is -2.25. The first-order valence-corrected chi connectivity index (χ1v) is 7.10. The molecule has 5 nitrogen and oxygen atoms in total. The van der Waals surface area contributed by atoms with Crippen LogP contribution in [0.4, 0.5) is 0 Å². The van der Waals surface area contributed by atoms with Crippen LogP contribution in [0.15, 0.2) is 6.20 Å². The first-order chi connectivity index (χ1) is 8.90. The lowest BCUT2D eigenvalue weighted by Gasteiger charge is -2.09. The van der Waals surface area contributed by atoms with Crippen molar-refractivity contribution in [2.24, 2.45) is 5.92 Å². The maximum atomic E-state index is 5.38. The normalized spacial score (nSPS) is 25.0. The maximum Gasteiger partial charge on any atom is 0.0964 e. The standard InChI is InChI=1S/C13H22N4O/c1-2-4-12(3-1)14-7-13-9-17(16-15-13)8-11-5-6-18-10-11/h9,11-12,14H,1-8,10H2. The van der Waals surface area contributed by atoms with E-state index in [-0.39, 0.29) is 0 Å². The lowest BCUT2D eigenvalue weighted by molar-refractivity contribution is 0.181. The minimum atomic E-state index is 0.613. The van der Waals surface area contributed by atoms with Crippen LogP contribution >= 0.6 is 0 Å². The molecule has 0 bridgehead atoms. The minimum Gasteiger partial charge on any atom is -0.381 e. The van der Waals surface area contributed by atoms with Crippen molar-refractivity contribution < 1.29 is 4.74 Å². The molecule has 0 amide bonds. The Morgan fingerprint density at radius 1 is 1.33 bits per heavy atom. The van der Waals surface area contributed by atoms with Crippen molar-refractivity contribution in [1.29, 1.82) is 0 Å². The van der Waals surface area contributed by atoms with Crippen molar-refractivity contribution in [2.75, 3.05) is 13.2 Å². The van der Waals surface area contributed by atoms with E-state index in [0.29, 0.717) is 12.0 Å². The zero-order valence-electron chi connectivity index (χ0n) is 10.8. The molecule has 5 heteroatoms. The zero-order chi connectivity index (χ0) is 12.2. The van der Waals surface area contributed by atoms with E-state index in [2.05, 4.69) is 21.8 Å². The summed E-state index contributed by atoms with van der Waals surface area (Å²) < 4.78 is 7.34. The van der Waals surface area contributed by atoms with Gasteiger partial charge in [-0.15, -0.1) is 5.10 Å². The average Bonchev–Trinajstić information content (AvgIpc) is 3.09. The third kappa shape index (κ3) is 3.09. The van der Waals surface area contributed by atoms with E-state index < -0.39 is 0 Å². The van der Waals surface area contributed by atoms with E-state index in [1.54, 1.807) is 0 Å². The van der Waals surface area contributed by atoms with Crippen molar-refractivity contribution in [1.82, 2.24) is 20.3 Å². The van der Waals surface area contributed by atoms with Crippen LogP contribution < -0.4 is 5.32 Å². The van der Waals surface area contributed by atoms with Gasteiger partial charge in [0.2, 0.25) is 0 Å². The summed E-state index contributed by atoms with van der Waals surface area (Å²) in [6.45, 7) is 3.56. The highest BCUT2D eigenvalue weighted by Crippen LogP contribution is 2.18. The van der Waals surface area contributed by atoms with E-state index in [1.807, 2.05) is 4.68 Å². The number of aromatic nitrogens is 3. The van der Waals surface area contributed by atoms with Crippen molar-refractivity contribution in [3.8, 4) is 0 Å². The molecule has 1 aliphatic heterocycles. The molecule has 1 aromatic rings. The molecule has 100 valence electrons. The summed E-state index contributed by atoms with van der Waals surface area (Å²) in [7, 11) is 0. The summed E-state index contributed by atoms with van der Waals surface area (Å²) in [6, 6.07) is 0.693. The number of hydrogen-bond acceptors (Lipinski definition) is 4. The van der Waals surface area contributed by atoms with Gasteiger partial charge in [-0.3, -0.25) is 4.68 Å². The molecule has 1 saturated carbocycles. The highest BCUT2D eigenvalue weighted by atomic mass is 16.5. The number of hydrogen-bond donors (Lipinski definition) is 1. The fourth-order valence-electron chi connectivity index (χ4n) is 2.88. The van der Waals surface area contributed by atoms with Crippen molar-refractivity contribution in [3.05, 3.63) is 11.9 Å². The quantitative estimate of drug-likeness (QED) is 0.857. The summed E-state index contributed by atoms with van der Waals surface area (Å²) in [4.78, 5) is 0. The van der Waals surface area contributed by atoms with Gasteiger partial charge in [-0.05, 0) is 19.3 Å². The molecule has 2 aliphatic rings. The SMILES string of the molecule is c1c(CNC2CCCC2)nnn1CC1CCOC1. The molecule has 1 aromatic heterocycles. The molecule has 0 spiro atoms. The van der Waals surface area contributed by atoms with Crippen LogP contribution in [0.1, 0.15) is 37.8 Å². The Bertz CT molecular complexity index is 367. The van der Waals surface area contributed by atoms with Crippen LogP contribution in [0.3, 0.4) is 0 Å². The number of rotatable bonds is 5. The molecule has 1 aliphatic carbocycles. The van der Waals surface area contributed by atoms with Gasteiger partial charge < -0.3 is 10.1 Å². The van der Waals surface area contributed by atoms with Crippen LogP contribution in [0.25, 0.3) is 0 Å². The molecule has 1 unspecified atom stereocenters. The molecule has 0 aromatic carbocycles. The highest BCUT2D eigenvalue weighted by molar-refractivity contribution is 4.93. The third-order valence-electron chi connectivity index (χ3n) is 3.98.